The molecule has 2 N–H and O–H groups in total. The lowest BCUT2D eigenvalue weighted by Gasteiger charge is -2.29. The second-order valence-electron chi connectivity index (χ2n) is 6.44. The first-order valence-electron chi connectivity index (χ1n) is 8.13. The maximum absolute atomic E-state index is 12.5. The molecule has 2 amide bonds. The highest BCUT2D eigenvalue weighted by molar-refractivity contribution is 6.33. The van der Waals surface area contributed by atoms with Crippen LogP contribution in [0.3, 0.4) is 0 Å². The summed E-state index contributed by atoms with van der Waals surface area (Å²) in [6.07, 6.45) is 2.11. The summed E-state index contributed by atoms with van der Waals surface area (Å²) in [7, 11) is 0. The lowest BCUT2D eigenvalue weighted by atomic mass is 9.99. The molecule has 2 heterocycles. The van der Waals surface area contributed by atoms with Crippen LogP contribution in [-0.4, -0.2) is 37.0 Å². The van der Waals surface area contributed by atoms with Crippen LogP contribution < -0.4 is 15.5 Å². The van der Waals surface area contributed by atoms with Crippen LogP contribution in [0.1, 0.15) is 26.2 Å². The minimum Gasteiger partial charge on any atom is -0.353 e. The van der Waals surface area contributed by atoms with Crippen molar-refractivity contribution in [2.75, 3.05) is 18.0 Å². The molecule has 2 aliphatic heterocycles. The molecule has 0 radical (unpaired) electrons. The van der Waals surface area contributed by atoms with Crippen molar-refractivity contribution in [1.29, 1.82) is 0 Å². The summed E-state index contributed by atoms with van der Waals surface area (Å²) >= 11 is 6.17. The smallest absolute Gasteiger partial charge is 0.227 e. The van der Waals surface area contributed by atoms with Gasteiger partial charge >= 0.3 is 0 Å². The average molecular weight is 336 g/mol. The van der Waals surface area contributed by atoms with Crippen molar-refractivity contribution in [3.8, 4) is 0 Å². The minimum absolute atomic E-state index is 0.0213. The van der Waals surface area contributed by atoms with Gasteiger partial charge in [0.1, 0.15) is 0 Å². The third-order valence-corrected chi connectivity index (χ3v) is 4.93. The molecular weight excluding hydrogens is 314 g/mol. The molecule has 2 aliphatic rings. The number of piperidine rings is 1. The largest absolute Gasteiger partial charge is 0.353 e. The number of carbonyl (C=O) groups is 2. The molecule has 0 bridgehead atoms. The number of rotatable bonds is 3. The van der Waals surface area contributed by atoms with E-state index >= 15 is 0 Å². The highest BCUT2D eigenvalue weighted by Gasteiger charge is 2.36. The molecule has 3 unspecified atom stereocenters. The molecule has 23 heavy (non-hydrogen) atoms. The van der Waals surface area contributed by atoms with E-state index in [2.05, 4.69) is 17.6 Å². The Labute approximate surface area is 141 Å². The average Bonchev–Trinajstić information content (AvgIpc) is 2.90. The molecule has 6 heteroatoms. The molecule has 0 aromatic heterocycles. The van der Waals surface area contributed by atoms with Crippen molar-refractivity contribution < 1.29 is 9.59 Å². The first-order valence-corrected chi connectivity index (χ1v) is 8.51. The van der Waals surface area contributed by atoms with E-state index in [0.29, 0.717) is 23.3 Å². The Kier molecular flexibility index (Phi) is 4.87. The molecule has 124 valence electrons. The molecule has 1 aromatic carbocycles. The van der Waals surface area contributed by atoms with Crippen LogP contribution in [0.25, 0.3) is 0 Å². The number of hydrogen-bond donors (Lipinski definition) is 2. The lowest BCUT2D eigenvalue weighted by Crippen LogP contribution is -2.48. The number of anilines is 1. The highest BCUT2D eigenvalue weighted by Crippen LogP contribution is 2.31. The van der Waals surface area contributed by atoms with Gasteiger partial charge in [-0.05, 0) is 38.4 Å². The third kappa shape index (κ3) is 3.67. The van der Waals surface area contributed by atoms with Crippen molar-refractivity contribution in [3.05, 3.63) is 29.3 Å². The van der Waals surface area contributed by atoms with Gasteiger partial charge in [0.25, 0.3) is 0 Å². The summed E-state index contributed by atoms with van der Waals surface area (Å²) in [5.41, 5.74) is 0.685. The van der Waals surface area contributed by atoms with Gasteiger partial charge in [-0.15, -0.1) is 0 Å². The van der Waals surface area contributed by atoms with E-state index in [1.165, 1.54) is 0 Å². The molecular formula is C17H22ClN3O2. The van der Waals surface area contributed by atoms with Gasteiger partial charge < -0.3 is 15.5 Å². The van der Waals surface area contributed by atoms with E-state index in [4.69, 9.17) is 11.6 Å². The summed E-state index contributed by atoms with van der Waals surface area (Å²) in [4.78, 5) is 26.4. The number of amides is 2. The maximum atomic E-state index is 12.5. The highest BCUT2D eigenvalue weighted by atomic mass is 35.5. The lowest BCUT2D eigenvalue weighted by molar-refractivity contribution is -0.127. The fourth-order valence-electron chi connectivity index (χ4n) is 3.37. The molecule has 1 aromatic rings. The number of benzene rings is 1. The van der Waals surface area contributed by atoms with Gasteiger partial charge in [-0.25, -0.2) is 0 Å². The van der Waals surface area contributed by atoms with Crippen LogP contribution in [0.2, 0.25) is 5.02 Å². The van der Waals surface area contributed by atoms with Crippen molar-refractivity contribution in [2.24, 2.45) is 5.92 Å². The quantitative estimate of drug-likeness (QED) is 0.887. The predicted octanol–water partition coefficient (Wildman–Crippen LogP) is 1.95. The molecule has 0 saturated carbocycles. The van der Waals surface area contributed by atoms with Crippen LogP contribution in [0, 0.1) is 5.92 Å². The van der Waals surface area contributed by atoms with Gasteiger partial charge in [0.05, 0.1) is 16.6 Å². The number of para-hydroxylation sites is 1. The van der Waals surface area contributed by atoms with Gasteiger partial charge in [0.15, 0.2) is 0 Å². The van der Waals surface area contributed by atoms with Gasteiger partial charge in [-0.2, -0.15) is 0 Å². The Morgan fingerprint density at radius 3 is 2.91 bits per heavy atom. The van der Waals surface area contributed by atoms with Crippen molar-refractivity contribution >= 4 is 29.1 Å². The molecule has 0 aliphatic carbocycles. The van der Waals surface area contributed by atoms with Crippen LogP contribution in [-0.2, 0) is 9.59 Å². The summed E-state index contributed by atoms with van der Waals surface area (Å²) < 4.78 is 0. The predicted molar refractivity (Wildman–Crippen MR) is 90.5 cm³/mol. The SMILES string of the molecule is CC1CC(NC(=O)C2CC(=O)N(c3ccccc3Cl)C2)CCN1. The Balaban J connectivity index is 1.63. The van der Waals surface area contributed by atoms with Gasteiger partial charge in [0, 0.05) is 25.0 Å². The Bertz CT molecular complexity index is 607. The van der Waals surface area contributed by atoms with Crippen LogP contribution in [0.15, 0.2) is 24.3 Å². The number of carbonyl (C=O) groups excluding carboxylic acids is 2. The van der Waals surface area contributed by atoms with Crippen molar-refractivity contribution in [1.82, 2.24) is 10.6 Å². The zero-order valence-corrected chi connectivity index (χ0v) is 14.0. The molecule has 3 atom stereocenters. The van der Waals surface area contributed by atoms with E-state index in [0.717, 1.165) is 19.4 Å². The number of halogens is 1. The van der Waals surface area contributed by atoms with E-state index in [1.54, 1.807) is 11.0 Å². The zero-order chi connectivity index (χ0) is 16.4. The topological polar surface area (TPSA) is 61.4 Å². The van der Waals surface area contributed by atoms with E-state index in [9.17, 15) is 9.59 Å². The molecule has 0 spiro atoms. The second kappa shape index (κ2) is 6.89. The fourth-order valence-corrected chi connectivity index (χ4v) is 3.61. The fraction of sp³-hybridized carbons (Fsp3) is 0.529. The monoisotopic (exact) mass is 335 g/mol. The van der Waals surface area contributed by atoms with Crippen molar-refractivity contribution in [3.63, 3.8) is 0 Å². The molecule has 5 nitrogen and oxygen atoms in total. The van der Waals surface area contributed by atoms with Crippen LogP contribution >= 0.6 is 11.6 Å². The third-order valence-electron chi connectivity index (χ3n) is 4.61. The van der Waals surface area contributed by atoms with Crippen molar-refractivity contribution in [2.45, 2.75) is 38.3 Å². The zero-order valence-electron chi connectivity index (χ0n) is 13.2. The van der Waals surface area contributed by atoms with Gasteiger partial charge in [-0.3, -0.25) is 9.59 Å². The van der Waals surface area contributed by atoms with E-state index in [-0.39, 0.29) is 30.2 Å². The van der Waals surface area contributed by atoms with Gasteiger partial charge in [0.2, 0.25) is 11.8 Å². The number of nitrogens with zero attached hydrogens (tertiary/aromatic N) is 1. The normalized spacial score (nSPS) is 28.0. The Morgan fingerprint density at radius 2 is 2.17 bits per heavy atom. The molecule has 2 fully saturated rings. The summed E-state index contributed by atoms with van der Waals surface area (Å²) in [6.45, 7) is 3.44. The molecule has 2 saturated heterocycles. The summed E-state index contributed by atoms with van der Waals surface area (Å²) in [6, 6.07) is 7.86. The van der Waals surface area contributed by atoms with E-state index < -0.39 is 0 Å². The van der Waals surface area contributed by atoms with Crippen LogP contribution in [0.5, 0.6) is 0 Å². The second-order valence-corrected chi connectivity index (χ2v) is 6.85. The first kappa shape index (κ1) is 16.3. The standard InChI is InChI=1S/C17H22ClN3O2/c1-11-8-13(6-7-19-11)20-17(23)12-9-16(22)21(10-12)15-5-3-2-4-14(15)18/h2-5,11-13,19H,6-10H2,1H3,(H,20,23). The summed E-state index contributed by atoms with van der Waals surface area (Å²) in [5, 5.41) is 7.01. The number of nitrogens with one attached hydrogen (secondary N) is 2. The molecule has 3 rings (SSSR count). The first-order chi connectivity index (χ1) is 11.0. The minimum atomic E-state index is -0.302. The maximum Gasteiger partial charge on any atom is 0.227 e. The summed E-state index contributed by atoms with van der Waals surface area (Å²) in [5.74, 6) is -0.368. The Hall–Kier alpha value is -1.59. The van der Waals surface area contributed by atoms with Crippen LogP contribution in [0.4, 0.5) is 5.69 Å². The number of hydrogen-bond acceptors (Lipinski definition) is 3. The Morgan fingerprint density at radius 1 is 1.39 bits per heavy atom. The van der Waals surface area contributed by atoms with Gasteiger partial charge in [-0.1, -0.05) is 23.7 Å². The van der Waals surface area contributed by atoms with E-state index in [1.807, 2.05) is 18.2 Å².